The van der Waals surface area contributed by atoms with Crippen LogP contribution in [0, 0.1) is 0 Å². The summed E-state index contributed by atoms with van der Waals surface area (Å²) in [6.07, 6.45) is -4.21. The fourth-order valence-electron chi connectivity index (χ4n) is 0.663. The standard InChI is InChI=1S/C6H13F3OSi/c1-5(10,3-2-4-11)6(7,8)9/h10H,2-4H2,1,11H3. The number of aliphatic hydroxyl groups is 1. The molecule has 1 nitrogen and oxygen atoms in total. The maximum Gasteiger partial charge on any atom is 0.416 e. The Bertz CT molecular complexity index is 121. The second-order valence-corrected chi connectivity index (χ2v) is 3.88. The zero-order valence-corrected chi connectivity index (χ0v) is 8.70. The van der Waals surface area contributed by atoms with E-state index in [1.165, 1.54) is 0 Å². The van der Waals surface area contributed by atoms with Gasteiger partial charge in [-0.3, -0.25) is 0 Å². The fraction of sp³-hybridized carbons (Fsp3) is 1.00. The molecule has 0 aliphatic rings. The third-order valence-electron chi connectivity index (χ3n) is 1.63. The smallest absolute Gasteiger partial charge is 0.381 e. The van der Waals surface area contributed by atoms with E-state index < -0.39 is 11.8 Å². The third-order valence-corrected chi connectivity index (χ3v) is 2.33. The minimum atomic E-state index is -4.48. The Kier molecular flexibility index (Phi) is 3.57. The Hall–Kier alpha value is -0.0331. The fourth-order valence-corrected chi connectivity index (χ4v) is 1.02. The molecule has 1 atom stereocenters. The molecule has 0 bridgehead atoms. The van der Waals surface area contributed by atoms with Gasteiger partial charge in [0.1, 0.15) is 0 Å². The molecule has 0 amide bonds. The molecule has 0 aliphatic heterocycles. The van der Waals surface area contributed by atoms with E-state index >= 15 is 0 Å². The van der Waals surface area contributed by atoms with Gasteiger partial charge >= 0.3 is 6.18 Å². The van der Waals surface area contributed by atoms with Crippen LogP contribution in [0.2, 0.25) is 6.04 Å². The van der Waals surface area contributed by atoms with Crippen molar-refractivity contribution in [2.45, 2.75) is 37.6 Å². The number of hydrogen-bond acceptors (Lipinski definition) is 1. The second kappa shape index (κ2) is 3.58. The van der Waals surface area contributed by atoms with Crippen molar-refractivity contribution in [2.24, 2.45) is 0 Å². The van der Waals surface area contributed by atoms with Gasteiger partial charge in [0, 0.05) is 10.2 Å². The molecular weight excluding hydrogens is 173 g/mol. The highest BCUT2D eigenvalue weighted by atomic mass is 28.1. The van der Waals surface area contributed by atoms with Crippen molar-refractivity contribution in [1.29, 1.82) is 0 Å². The van der Waals surface area contributed by atoms with Crippen LogP contribution in [0.1, 0.15) is 19.8 Å². The summed E-state index contributed by atoms with van der Waals surface area (Å²) in [6.45, 7) is 0.824. The summed E-state index contributed by atoms with van der Waals surface area (Å²) in [5.74, 6) is 0. The Labute approximate surface area is 67.0 Å². The zero-order chi connectivity index (χ0) is 9.12. The summed E-state index contributed by atoms with van der Waals surface area (Å²) >= 11 is 0. The topological polar surface area (TPSA) is 20.2 Å². The van der Waals surface area contributed by atoms with Gasteiger partial charge in [-0.15, -0.1) is 0 Å². The monoisotopic (exact) mass is 186 g/mol. The Balaban J connectivity index is 4.00. The van der Waals surface area contributed by atoms with E-state index in [1.54, 1.807) is 0 Å². The number of hydrogen-bond donors (Lipinski definition) is 1. The van der Waals surface area contributed by atoms with E-state index in [0.29, 0.717) is 6.42 Å². The van der Waals surface area contributed by atoms with E-state index in [0.717, 1.165) is 23.2 Å². The van der Waals surface area contributed by atoms with Crippen LogP contribution in [0.15, 0.2) is 0 Å². The van der Waals surface area contributed by atoms with Crippen LogP contribution in [0.25, 0.3) is 0 Å². The summed E-state index contributed by atoms with van der Waals surface area (Å²) in [5.41, 5.74) is -2.49. The van der Waals surface area contributed by atoms with Gasteiger partial charge in [-0.1, -0.05) is 12.5 Å². The van der Waals surface area contributed by atoms with Crippen molar-refractivity contribution in [3.8, 4) is 0 Å². The summed E-state index contributed by atoms with van der Waals surface area (Å²) in [4.78, 5) is 0. The molecule has 11 heavy (non-hydrogen) atoms. The lowest BCUT2D eigenvalue weighted by atomic mass is 10.0. The van der Waals surface area contributed by atoms with E-state index in [1.807, 2.05) is 0 Å². The number of rotatable bonds is 3. The van der Waals surface area contributed by atoms with Gasteiger partial charge in [0.25, 0.3) is 0 Å². The van der Waals surface area contributed by atoms with Gasteiger partial charge in [-0.2, -0.15) is 13.2 Å². The minimum Gasteiger partial charge on any atom is -0.381 e. The summed E-state index contributed by atoms with van der Waals surface area (Å²) < 4.78 is 35.8. The molecule has 0 aromatic heterocycles. The molecule has 0 saturated carbocycles. The SMILES string of the molecule is CC(O)(CCC[SiH3])C(F)(F)F. The van der Waals surface area contributed by atoms with E-state index in [2.05, 4.69) is 0 Å². The van der Waals surface area contributed by atoms with Crippen LogP contribution in [-0.2, 0) is 0 Å². The number of halogens is 3. The molecule has 0 radical (unpaired) electrons. The first kappa shape index (κ1) is 11.0. The molecule has 0 saturated heterocycles. The molecule has 1 unspecified atom stereocenters. The first-order valence-corrected chi connectivity index (χ1v) is 5.02. The van der Waals surface area contributed by atoms with Gasteiger partial charge in [-0.25, -0.2) is 0 Å². The van der Waals surface area contributed by atoms with Gasteiger partial charge in [0.05, 0.1) is 0 Å². The van der Waals surface area contributed by atoms with Gasteiger partial charge in [0.15, 0.2) is 5.60 Å². The van der Waals surface area contributed by atoms with Crippen LogP contribution in [0.3, 0.4) is 0 Å². The molecular formula is C6H13F3OSi. The molecule has 0 rings (SSSR count). The maximum atomic E-state index is 11.9. The predicted molar refractivity (Wildman–Crippen MR) is 40.7 cm³/mol. The van der Waals surface area contributed by atoms with Crippen molar-refractivity contribution in [1.82, 2.24) is 0 Å². The van der Waals surface area contributed by atoms with Crippen LogP contribution in [0.4, 0.5) is 13.2 Å². The molecule has 1 N–H and O–H groups in total. The first-order valence-electron chi connectivity index (χ1n) is 3.60. The average molecular weight is 186 g/mol. The van der Waals surface area contributed by atoms with Crippen LogP contribution < -0.4 is 0 Å². The van der Waals surface area contributed by atoms with Crippen LogP contribution in [-0.4, -0.2) is 27.1 Å². The van der Waals surface area contributed by atoms with Gasteiger partial charge < -0.3 is 5.11 Å². The molecule has 0 aromatic carbocycles. The maximum absolute atomic E-state index is 11.9. The highest BCUT2D eigenvalue weighted by Crippen LogP contribution is 2.33. The Morgan fingerprint density at radius 2 is 1.82 bits per heavy atom. The molecule has 0 spiro atoms. The highest BCUT2D eigenvalue weighted by molar-refractivity contribution is 6.08. The third kappa shape index (κ3) is 3.24. The summed E-state index contributed by atoms with van der Waals surface area (Å²) in [5, 5.41) is 8.87. The molecule has 5 heteroatoms. The van der Waals surface area contributed by atoms with Crippen LogP contribution in [0.5, 0.6) is 0 Å². The first-order chi connectivity index (χ1) is 4.81. The summed E-state index contributed by atoms with van der Waals surface area (Å²) in [6, 6.07) is 0.798. The predicted octanol–water partition coefficient (Wildman–Crippen LogP) is 0.864. The van der Waals surface area contributed by atoms with Crippen molar-refractivity contribution < 1.29 is 18.3 Å². The quantitative estimate of drug-likeness (QED) is 0.648. The summed E-state index contributed by atoms with van der Waals surface area (Å²) in [7, 11) is 0.891. The average Bonchev–Trinajstić information content (AvgIpc) is 1.81. The van der Waals surface area contributed by atoms with E-state index in [9.17, 15) is 13.2 Å². The van der Waals surface area contributed by atoms with Crippen LogP contribution >= 0.6 is 0 Å². The Morgan fingerprint density at radius 1 is 1.36 bits per heavy atom. The van der Waals surface area contributed by atoms with Gasteiger partial charge in [0.2, 0.25) is 0 Å². The van der Waals surface area contributed by atoms with Crippen molar-refractivity contribution in [3.63, 3.8) is 0 Å². The minimum absolute atomic E-state index is 0.181. The van der Waals surface area contributed by atoms with Gasteiger partial charge in [-0.05, 0) is 13.3 Å². The lowest BCUT2D eigenvalue weighted by molar-refractivity contribution is -0.255. The van der Waals surface area contributed by atoms with Crippen molar-refractivity contribution in [3.05, 3.63) is 0 Å². The largest absolute Gasteiger partial charge is 0.416 e. The normalized spacial score (nSPS) is 18.3. The van der Waals surface area contributed by atoms with E-state index in [4.69, 9.17) is 5.11 Å². The van der Waals surface area contributed by atoms with E-state index in [-0.39, 0.29) is 6.42 Å². The Morgan fingerprint density at radius 3 is 2.09 bits per heavy atom. The zero-order valence-electron chi connectivity index (χ0n) is 6.70. The van der Waals surface area contributed by atoms with Crippen molar-refractivity contribution >= 4 is 10.2 Å². The molecule has 68 valence electrons. The lowest BCUT2D eigenvalue weighted by Crippen LogP contribution is -2.41. The molecule has 0 aromatic rings. The molecule has 0 fully saturated rings. The van der Waals surface area contributed by atoms with Crippen molar-refractivity contribution in [2.75, 3.05) is 0 Å². The molecule has 0 heterocycles. The lowest BCUT2D eigenvalue weighted by Gasteiger charge is -2.25. The highest BCUT2D eigenvalue weighted by Gasteiger charge is 2.48. The second-order valence-electron chi connectivity index (χ2n) is 2.88. The molecule has 0 aliphatic carbocycles. The number of alkyl halides is 3.